The predicted molar refractivity (Wildman–Crippen MR) is 186 cm³/mol. The number of hydrogen-bond donors (Lipinski definition) is 2. The van der Waals surface area contributed by atoms with Crippen molar-refractivity contribution in [2.75, 3.05) is 38.1 Å². The maximum Gasteiger partial charge on any atom is 0.358 e. The van der Waals surface area contributed by atoms with Gasteiger partial charge < -0.3 is 29.6 Å². The number of amides is 6. The van der Waals surface area contributed by atoms with Crippen LogP contribution in [-0.2, 0) is 50.0 Å². The maximum atomic E-state index is 15.2. The molecule has 6 amide bonds. The lowest BCUT2D eigenvalue weighted by Gasteiger charge is -2.43. The Morgan fingerprint density at radius 2 is 0.966 bits per heavy atom. The van der Waals surface area contributed by atoms with Crippen molar-refractivity contribution in [1.82, 2.24) is 19.6 Å². The van der Waals surface area contributed by atoms with E-state index in [1.807, 2.05) is 0 Å². The summed E-state index contributed by atoms with van der Waals surface area (Å²) in [4.78, 5) is 89.4. The van der Waals surface area contributed by atoms with Gasteiger partial charge in [-0.05, 0) is 38.1 Å². The van der Waals surface area contributed by atoms with Crippen LogP contribution >= 0.6 is 0 Å². The van der Waals surface area contributed by atoms with Crippen molar-refractivity contribution < 1.29 is 69.7 Å². The van der Waals surface area contributed by atoms with Gasteiger partial charge in [0.1, 0.15) is 17.1 Å². The summed E-state index contributed by atoms with van der Waals surface area (Å²) < 4.78 is 94.2. The number of esters is 2. The van der Waals surface area contributed by atoms with Gasteiger partial charge in [0, 0.05) is 40.6 Å². The summed E-state index contributed by atoms with van der Waals surface area (Å²) in [5.74, 6) is -16.6. The van der Waals surface area contributed by atoms with E-state index in [9.17, 15) is 41.1 Å². The number of benzene rings is 3. The normalized spacial score (nSPS) is 20.1. The van der Waals surface area contributed by atoms with Crippen LogP contribution in [0.5, 0.6) is 11.5 Å². The highest BCUT2D eigenvalue weighted by Crippen LogP contribution is 2.59. The molecule has 4 aliphatic heterocycles. The molecule has 4 aliphatic rings. The van der Waals surface area contributed by atoms with Gasteiger partial charge >= 0.3 is 24.0 Å². The Bertz CT molecular complexity index is 2340. The summed E-state index contributed by atoms with van der Waals surface area (Å²) in [5, 5.41) is 4.83. The first-order valence-electron chi connectivity index (χ1n) is 17.6. The Hall–Kier alpha value is -6.67. The molecule has 21 heteroatoms. The van der Waals surface area contributed by atoms with Gasteiger partial charge in [-0.15, -0.1) is 0 Å². The van der Waals surface area contributed by atoms with Crippen molar-refractivity contribution in [2.45, 2.75) is 58.3 Å². The molecular weight excluding hydrogens is 783 g/mol. The number of anilines is 2. The van der Waals surface area contributed by atoms with Crippen LogP contribution in [0, 0.1) is 29.1 Å². The third-order valence-corrected chi connectivity index (χ3v) is 10.6. The Kier molecular flexibility index (Phi) is 9.59. The molecule has 0 radical (unpaired) electrons. The largest absolute Gasteiger partial charge is 0.496 e. The second-order valence-corrected chi connectivity index (χ2v) is 13.3. The fourth-order valence-electron chi connectivity index (χ4n) is 8.29. The van der Waals surface area contributed by atoms with Gasteiger partial charge in [-0.25, -0.2) is 41.1 Å². The van der Waals surface area contributed by atoms with Crippen molar-refractivity contribution in [3.05, 3.63) is 81.2 Å². The van der Waals surface area contributed by atoms with E-state index in [0.29, 0.717) is 0 Å². The average Bonchev–Trinajstić information content (AvgIpc) is 3.34. The lowest BCUT2D eigenvalue weighted by atomic mass is 9.90. The minimum Gasteiger partial charge on any atom is -0.496 e. The molecule has 0 aliphatic carbocycles. The van der Waals surface area contributed by atoms with Gasteiger partial charge in [0.2, 0.25) is 11.7 Å². The average molecular weight is 817 g/mol. The molecule has 3 aromatic rings. The monoisotopic (exact) mass is 816 g/mol. The maximum absolute atomic E-state index is 15.2. The fraction of sp³-hybridized carbons (Fsp3) is 0.351. The van der Waals surface area contributed by atoms with Crippen LogP contribution in [-0.4, -0.2) is 94.2 Å². The topological polar surface area (TPSA) is 176 Å². The van der Waals surface area contributed by atoms with Crippen molar-refractivity contribution >= 4 is 47.2 Å². The molecule has 306 valence electrons. The number of ether oxygens (including phenoxy) is 4. The molecule has 0 unspecified atom stereocenters. The number of nitrogens with zero attached hydrogens (tertiary/aromatic N) is 4. The highest BCUT2D eigenvalue weighted by molar-refractivity contribution is 6.10. The molecule has 0 spiro atoms. The van der Waals surface area contributed by atoms with Gasteiger partial charge in [0.05, 0.1) is 53.6 Å². The first-order valence-corrected chi connectivity index (χ1v) is 17.6. The minimum absolute atomic E-state index is 0.00107. The summed E-state index contributed by atoms with van der Waals surface area (Å²) in [5.41, 5.74) is -6.99. The van der Waals surface area contributed by atoms with E-state index >= 15 is 9.59 Å². The molecule has 0 aromatic heterocycles. The molecular formula is C37H33F5N6O10. The molecule has 16 nitrogen and oxygen atoms in total. The van der Waals surface area contributed by atoms with Gasteiger partial charge in [-0.3, -0.25) is 29.2 Å². The number of carbonyl (C=O) groups is 6. The Morgan fingerprint density at radius 1 is 0.603 bits per heavy atom. The van der Waals surface area contributed by atoms with E-state index < -0.39 is 108 Å². The Morgan fingerprint density at radius 3 is 1.33 bits per heavy atom. The van der Waals surface area contributed by atoms with Crippen molar-refractivity contribution in [3.8, 4) is 11.5 Å². The van der Waals surface area contributed by atoms with Crippen molar-refractivity contribution in [1.29, 1.82) is 0 Å². The fourth-order valence-corrected chi connectivity index (χ4v) is 8.29. The zero-order chi connectivity index (χ0) is 42.2. The smallest absolute Gasteiger partial charge is 0.358 e. The number of nitrogens with one attached hydrogen (secondary N) is 2. The highest BCUT2D eigenvalue weighted by Gasteiger charge is 2.87. The Labute approximate surface area is 325 Å². The molecule has 4 heterocycles. The molecule has 0 bridgehead atoms. The van der Waals surface area contributed by atoms with Crippen molar-refractivity contribution in [2.24, 2.45) is 0 Å². The van der Waals surface area contributed by atoms with Crippen LogP contribution < -0.4 is 20.1 Å². The number of rotatable bonds is 9. The SMILES string of the molecule is CCOC(=O)[C@@]12N3Cc4c(NC(C)=O)ccc(OC)c4CN1C(=O)N1Cc4c(NC(=O)c5c(F)c(F)c(F)c(F)c5F)ccc(OC)c4CN(C3=O)[C@@]12C(=O)OCC. The third-order valence-electron chi connectivity index (χ3n) is 10.6. The van der Waals surface area contributed by atoms with Crippen LogP contribution in [0.15, 0.2) is 24.3 Å². The van der Waals surface area contributed by atoms with Crippen LogP contribution in [0.25, 0.3) is 0 Å². The van der Waals surface area contributed by atoms with Crippen LogP contribution in [0.4, 0.5) is 42.9 Å². The molecule has 7 rings (SSSR count). The summed E-state index contributed by atoms with van der Waals surface area (Å²) >= 11 is 0. The lowest BCUT2D eigenvalue weighted by Crippen LogP contribution is -2.75. The quantitative estimate of drug-likeness (QED) is 0.137. The van der Waals surface area contributed by atoms with Crippen LogP contribution in [0.3, 0.4) is 0 Å². The van der Waals surface area contributed by atoms with Gasteiger partial charge in [-0.2, -0.15) is 0 Å². The number of carbonyl (C=O) groups excluding carboxylic acids is 6. The lowest BCUT2D eigenvalue weighted by molar-refractivity contribution is -0.191. The number of methoxy groups -OCH3 is 2. The minimum atomic E-state index is -2.72. The summed E-state index contributed by atoms with van der Waals surface area (Å²) in [6.45, 7) is 1.10. The zero-order valence-electron chi connectivity index (χ0n) is 31.3. The molecule has 2 N–H and O–H groups in total. The van der Waals surface area contributed by atoms with Gasteiger partial charge in [0.25, 0.3) is 17.2 Å². The number of halogens is 5. The predicted octanol–water partition coefficient (Wildman–Crippen LogP) is 4.33. The number of urea groups is 2. The molecule has 3 aromatic carbocycles. The second-order valence-electron chi connectivity index (χ2n) is 13.3. The Balaban J connectivity index is 1.49. The zero-order valence-corrected chi connectivity index (χ0v) is 31.3. The van der Waals surface area contributed by atoms with Crippen LogP contribution in [0.1, 0.15) is 53.4 Å². The van der Waals surface area contributed by atoms with E-state index in [4.69, 9.17) is 18.9 Å². The molecule has 0 saturated carbocycles. The highest BCUT2D eigenvalue weighted by atomic mass is 19.2. The van der Waals surface area contributed by atoms with Gasteiger partial charge in [-0.1, -0.05) is 0 Å². The summed E-state index contributed by atoms with van der Waals surface area (Å²) in [7, 11) is 2.57. The first kappa shape index (κ1) is 39.6. The standard InChI is InChI=1S/C37H33F5N6O10/c1-6-57-32(51)36-37(33(52)58-7-2)46-13-18-20(24(56-5)11-9-22(18)44-31(50)25-26(38)28(40)30(42)29(41)27(25)39)15-48(37)34(53)45(36)12-17-19(14-47(36)35(46)54)23(55-4)10-8-21(17)43-16(3)49/h8-11H,6-7,12-15H2,1-5H3,(H,43,49)(H,44,50)/t36-,37-/m1/s1. The van der Waals surface area contributed by atoms with Crippen LogP contribution in [0.2, 0.25) is 0 Å². The molecule has 2 saturated heterocycles. The van der Waals surface area contributed by atoms with E-state index in [2.05, 4.69) is 10.6 Å². The molecule has 2 atom stereocenters. The second kappa shape index (κ2) is 14.1. The van der Waals surface area contributed by atoms with E-state index in [0.717, 1.165) is 25.7 Å². The first-order chi connectivity index (χ1) is 27.6. The van der Waals surface area contributed by atoms with Gasteiger partial charge in [0.15, 0.2) is 23.3 Å². The molecule has 2 fully saturated rings. The number of fused-ring (bicyclic) bond motifs is 2. The van der Waals surface area contributed by atoms with E-state index in [1.54, 1.807) is 0 Å². The van der Waals surface area contributed by atoms with Crippen molar-refractivity contribution in [3.63, 3.8) is 0 Å². The summed E-state index contributed by atoms with van der Waals surface area (Å²) in [6.07, 6.45) is 0. The third kappa shape index (κ3) is 5.10. The molecule has 58 heavy (non-hydrogen) atoms. The van der Waals surface area contributed by atoms with E-state index in [1.165, 1.54) is 53.2 Å². The number of hydrogen-bond acceptors (Lipinski definition) is 10. The summed E-state index contributed by atoms with van der Waals surface area (Å²) in [6, 6.07) is 3.32. The van der Waals surface area contributed by atoms with E-state index in [-0.39, 0.29) is 58.3 Å².